The maximum Gasteiger partial charge on any atom is 0.176 e. The normalized spacial score (nSPS) is 11.2. The van der Waals surface area contributed by atoms with Gasteiger partial charge in [-0.2, -0.15) is 0 Å². The third-order valence-corrected chi connectivity index (χ3v) is 2.02. The Labute approximate surface area is 97.5 Å². The molecule has 88 valence electrons. The van der Waals surface area contributed by atoms with E-state index in [1.54, 1.807) is 0 Å². The van der Waals surface area contributed by atoms with Crippen LogP contribution in [0.4, 0.5) is 0 Å². The number of aliphatic imine (C=N–C) groups is 1. The van der Waals surface area contributed by atoms with E-state index in [0.29, 0.717) is 6.04 Å². The molecule has 0 aliphatic carbocycles. The summed E-state index contributed by atoms with van der Waals surface area (Å²) >= 11 is 0. The van der Waals surface area contributed by atoms with Gasteiger partial charge in [-0.05, 0) is 25.1 Å². The number of nitrogens with zero attached hydrogens (tertiary/aromatic N) is 1. The summed E-state index contributed by atoms with van der Waals surface area (Å²) in [4.78, 5) is 4.18. The molecule has 1 aromatic carbocycles. The standard InChI is InChI=1S/C13H20N2O/c1-12(2)15-10-6-9-14-11-16-13-7-4-3-5-8-13/h3-5,7-8,11-12,15H,6,9-10H2,1-2H3. The Bertz CT molecular complexity index is 296. The predicted octanol–water partition coefficient (Wildman–Crippen LogP) is 2.48. The molecule has 0 saturated carbocycles. The second kappa shape index (κ2) is 7.88. The average molecular weight is 220 g/mol. The largest absolute Gasteiger partial charge is 0.446 e. The molecular formula is C13H20N2O. The highest BCUT2D eigenvalue weighted by atomic mass is 16.5. The summed E-state index contributed by atoms with van der Waals surface area (Å²) < 4.78 is 5.32. The first kappa shape index (κ1) is 12.7. The fraction of sp³-hybridized carbons (Fsp3) is 0.462. The number of benzene rings is 1. The first-order valence-corrected chi connectivity index (χ1v) is 5.72. The lowest BCUT2D eigenvalue weighted by atomic mass is 10.3. The van der Waals surface area contributed by atoms with E-state index in [4.69, 9.17) is 4.74 Å². The van der Waals surface area contributed by atoms with Crippen molar-refractivity contribution in [2.75, 3.05) is 13.1 Å². The van der Waals surface area contributed by atoms with Crippen molar-refractivity contribution >= 4 is 6.40 Å². The molecule has 0 saturated heterocycles. The Morgan fingerprint density at radius 3 is 2.75 bits per heavy atom. The molecule has 0 radical (unpaired) electrons. The number of nitrogens with one attached hydrogen (secondary N) is 1. The molecule has 0 heterocycles. The summed E-state index contributed by atoms with van der Waals surface area (Å²) in [6, 6.07) is 10.2. The Hall–Kier alpha value is -1.35. The smallest absolute Gasteiger partial charge is 0.176 e. The fourth-order valence-corrected chi connectivity index (χ4v) is 1.21. The maximum atomic E-state index is 5.32. The Morgan fingerprint density at radius 1 is 1.31 bits per heavy atom. The van der Waals surface area contributed by atoms with Crippen LogP contribution in [0, 0.1) is 0 Å². The molecule has 3 nitrogen and oxygen atoms in total. The topological polar surface area (TPSA) is 33.6 Å². The van der Waals surface area contributed by atoms with E-state index in [1.807, 2.05) is 30.3 Å². The minimum absolute atomic E-state index is 0.546. The molecule has 0 atom stereocenters. The average Bonchev–Trinajstić information content (AvgIpc) is 2.29. The van der Waals surface area contributed by atoms with Gasteiger partial charge in [-0.15, -0.1) is 0 Å². The third-order valence-electron chi connectivity index (χ3n) is 2.02. The van der Waals surface area contributed by atoms with Crippen molar-refractivity contribution < 1.29 is 4.74 Å². The van der Waals surface area contributed by atoms with Gasteiger partial charge in [-0.25, -0.2) is 0 Å². The quantitative estimate of drug-likeness (QED) is 0.435. The van der Waals surface area contributed by atoms with Gasteiger partial charge in [0.05, 0.1) is 0 Å². The lowest BCUT2D eigenvalue weighted by Gasteiger charge is -2.05. The number of hydrogen-bond acceptors (Lipinski definition) is 3. The predicted molar refractivity (Wildman–Crippen MR) is 68.2 cm³/mol. The lowest BCUT2D eigenvalue weighted by molar-refractivity contribution is 0.558. The van der Waals surface area contributed by atoms with Crippen molar-refractivity contribution in [1.82, 2.24) is 5.32 Å². The molecule has 0 aliphatic rings. The SMILES string of the molecule is CC(C)NCCCN=COc1ccccc1. The van der Waals surface area contributed by atoms with Crippen molar-refractivity contribution in [2.24, 2.45) is 4.99 Å². The summed E-state index contributed by atoms with van der Waals surface area (Å²) in [7, 11) is 0. The Morgan fingerprint density at radius 2 is 2.06 bits per heavy atom. The summed E-state index contributed by atoms with van der Waals surface area (Å²) in [6.07, 6.45) is 2.55. The number of rotatable bonds is 7. The summed E-state index contributed by atoms with van der Waals surface area (Å²) in [6.45, 7) is 6.08. The molecule has 0 amide bonds. The van der Waals surface area contributed by atoms with Crippen molar-refractivity contribution in [2.45, 2.75) is 26.3 Å². The fourth-order valence-electron chi connectivity index (χ4n) is 1.21. The molecule has 0 spiro atoms. The Balaban J connectivity index is 2.05. The molecule has 0 bridgehead atoms. The van der Waals surface area contributed by atoms with Crippen LogP contribution in [0.15, 0.2) is 35.3 Å². The minimum atomic E-state index is 0.546. The van der Waals surface area contributed by atoms with Crippen LogP contribution < -0.4 is 10.1 Å². The highest BCUT2D eigenvalue weighted by molar-refractivity contribution is 5.51. The zero-order valence-corrected chi connectivity index (χ0v) is 10.0. The first-order valence-electron chi connectivity index (χ1n) is 5.72. The molecule has 1 rings (SSSR count). The first-order chi connectivity index (χ1) is 7.79. The second-order valence-electron chi connectivity index (χ2n) is 3.90. The van der Waals surface area contributed by atoms with E-state index in [0.717, 1.165) is 25.3 Å². The van der Waals surface area contributed by atoms with Crippen LogP contribution in [0.25, 0.3) is 0 Å². The van der Waals surface area contributed by atoms with Crippen molar-refractivity contribution in [3.05, 3.63) is 30.3 Å². The van der Waals surface area contributed by atoms with Gasteiger partial charge >= 0.3 is 0 Å². The minimum Gasteiger partial charge on any atom is -0.446 e. The van der Waals surface area contributed by atoms with Crippen molar-refractivity contribution in [3.8, 4) is 5.75 Å². The maximum absolute atomic E-state index is 5.32. The molecule has 0 aromatic heterocycles. The zero-order valence-electron chi connectivity index (χ0n) is 10.0. The van der Waals surface area contributed by atoms with E-state index in [9.17, 15) is 0 Å². The van der Waals surface area contributed by atoms with Crippen LogP contribution in [0.2, 0.25) is 0 Å². The van der Waals surface area contributed by atoms with Gasteiger partial charge in [0, 0.05) is 12.6 Å². The van der Waals surface area contributed by atoms with Crippen LogP contribution in [0.5, 0.6) is 5.75 Å². The van der Waals surface area contributed by atoms with Gasteiger partial charge in [0.1, 0.15) is 5.75 Å². The number of hydrogen-bond donors (Lipinski definition) is 1. The summed E-state index contributed by atoms with van der Waals surface area (Å²) in [5.41, 5.74) is 0. The van der Waals surface area contributed by atoms with E-state index in [2.05, 4.69) is 24.2 Å². The van der Waals surface area contributed by atoms with Crippen LogP contribution in [0.1, 0.15) is 20.3 Å². The van der Waals surface area contributed by atoms with Gasteiger partial charge in [0.15, 0.2) is 6.40 Å². The lowest BCUT2D eigenvalue weighted by Crippen LogP contribution is -2.24. The molecule has 16 heavy (non-hydrogen) atoms. The van der Waals surface area contributed by atoms with Gasteiger partial charge in [-0.1, -0.05) is 32.0 Å². The van der Waals surface area contributed by atoms with Crippen LogP contribution in [-0.4, -0.2) is 25.5 Å². The zero-order chi connectivity index (χ0) is 11.6. The van der Waals surface area contributed by atoms with E-state index in [-0.39, 0.29) is 0 Å². The van der Waals surface area contributed by atoms with Gasteiger partial charge in [0.25, 0.3) is 0 Å². The van der Waals surface area contributed by atoms with Crippen LogP contribution in [-0.2, 0) is 0 Å². The van der Waals surface area contributed by atoms with Crippen LogP contribution >= 0.6 is 0 Å². The van der Waals surface area contributed by atoms with E-state index in [1.165, 1.54) is 6.40 Å². The molecule has 0 unspecified atom stereocenters. The third kappa shape index (κ3) is 6.19. The summed E-state index contributed by atoms with van der Waals surface area (Å²) in [5.74, 6) is 0.826. The Kier molecular flexibility index (Phi) is 6.26. The molecule has 1 aromatic rings. The second-order valence-corrected chi connectivity index (χ2v) is 3.90. The van der Waals surface area contributed by atoms with Gasteiger partial charge in [-0.3, -0.25) is 4.99 Å². The number of ether oxygens (including phenoxy) is 1. The highest BCUT2D eigenvalue weighted by Gasteiger charge is 1.90. The van der Waals surface area contributed by atoms with Gasteiger partial charge < -0.3 is 10.1 Å². The molecule has 1 N–H and O–H groups in total. The number of para-hydroxylation sites is 1. The molecule has 3 heteroatoms. The molecule has 0 aliphatic heterocycles. The molecule has 0 fully saturated rings. The molecular weight excluding hydrogens is 200 g/mol. The van der Waals surface area contributed by atoms with E-state index >= 15 is 0 Å². The van der Waals surface area contributed by atoms with E-state index < -0.39 is 0 Å². The summed E-state index contributed by atoms with van der Waals surface area (Å²) in [5, 5.41) is 3.34. The van der Waals surface area contributed by atoms with Crippen molar-refractivity contribution in [1.29, 1.82) is 0 Å². The van der Waals surface area contributed by atoms with Gasteiger partial charge in [0.2, 0.25) is 0 Å². The van der Waals surface area contributed by atoms with Crippen LogP contribution in [0.3, 0.4) is 0 Å². The monoisotopic (exact) mass is 220 g/mol. The highest BCUT2D eigenvalue weighted by Crippen LogP contribution is 2.06. The van der Waals surface area contributed by atoms with Crippen molar-refractivity contribution in [3.63, 3.8) is 0 Å².